The van der Waals surface area contributed by atoms with Gasteiger partial charge in [0.05, 0.1) is 49.7 Å². The molecule has 0 unspecified atom stereocenters. The molecule has 0 bridgehead atoms. The number of ether oxygens (including phenoxy) is 3. The van der Waals surface area contributed by atoms with E-state index in [1.165, 1.54) is 14.2 Å². The molecular formula is C42H50N8O7. The number of alkyl carbamates (subject to hydrolysis) is 2. The number of H-pyrrole nitrogens is 2. The smallest absolute Gasteiger partial charge is 0.407 e. The van der Waals surface area contributed by atoms with Crippen molar-refractivity contribution in [3.8, 4) is 28.1 Å². The number of methoxy groups -OCH3 is 2. The van der Waals surface area contributed by atoms with Crippen LogP contribution in [0.3, 0.4) is 0 Å². The van der Waals surface area contributed by atoms with E-state index in [0.29, 0.717) is 37.8 Å². The fourth-order valence-corrected chi connectivity index (χ4v) is 7.81. The molecule has 4 amide bonds. The van der Waals surface area contributed by atoms with Gasteiger partial charge in [0, 0.05) is 24.0 Å². The summed E-state index contributed by atoms with van der Waals surface area (Å²) in [6.07, 6.45) is 2.82. The predicted octanol–water partition coefficient (Wildman–Crippen LogP) is 6.44. The van der Waals surface area contributed by atoms with E-state index >= 15 is 0 Å². The lowest BCUT2D eigenvalue weighted by atomic mass is 9.92. The molecule has 15 heteroatoms. The first kappa shape index (κ1) is 39.1. The first-order valence-electron chi connectivity index (χ1n) is 19.5. The number of aromatic amines is 2. The third kappa shape index (κ3) is 8.09. The van der Waals surface area contributed by atoms with E-state index in [1.807, 2.05) is 26.0 Å². The minimum Gasteiger partial charge on any atom is -0.488 e. The van der Waals surface area contributed by atoms with Crippen LogP contribution >= 0.6 is 0 Å². The number of nitrogens with zero attached hydrogens (tertiary/aromatic N) is 4. The van der Waals surface area contributed by atoms with Crippen molar-refractivity contribution in [2.75, 3.05) is 33.9 Å². The van der Waals surface area contributed by atoms with Gasteiger partial charge >= 0.3 is 12.2 Å². The highest BCUT2D eigenvalue weighted by Gasteiger charge is 2.33. The SMILES string of the molecule is CC[C@H](C)[C@H](NC(=O)OC)C(=O)N(Cc1ncc(-c2ccc3c(c2)COc2cc4c(ccc5[nH]c([C@@H]6CCCN6C(=O)CNC(=O)OC)nc54)cc2-3)[nH]1)CC(C)C. The van der Waals surface area contributed by atoms with E-state index in [9.17, 15) is 19.2 Å². The summed E-state index contributed by atoms with van der Waals surface area (Å²) in [7, 11) is 2.56. The fourth-order valence-electron chi connectivity index (χ4n) is 7.81. The van der Waals surface area contributed by atoms with Crippen LogP contribution in [0.25, 0.3) is 44.2 Å². The lowest BCUT2D eigenvalue weighted by Gasteiger charge is -2.31. The van der Waals surface area contributed by atoms with Crippen LogP contribution in [0.15, 0.2) is 48.7 Å². The Morgan fingerprint density at radius 2 is 1.82 bits per heavy atom. The lowest BCUT2D eigenvalue weighted by molar-refractivity contribution is -0.136. The van der Waals surface area contributed by atoms with Gasteiger partial charge in [0.1, 0.15) is 36.6 Å². The van der Waals surface area contributed by atoms with Crippen molar-refractivity contribution >= 4 is 45.8 Å². The molecule has 0 spiro atoms. The first-order valence-corrected chi connectivity index (χ1v) is 19.5. The zero-order chi connectivity index (χ0) is 40.4. The number of amides is 4. The Hall–Kier alpha value is -6.12. The van der Waals surface area contributed by atoms with Crippen molar-refractivity contribution in [3.05, 3.63) is 65.9 Å². The molecule has 5 aromatic rings. The number of carbonyl (C=O) groups excluding carboxylic acids is 4. The first-order chi connectivity index (χ1) is 27.5. The summed E-state index contributed by atoms with van der Waals surface area (Å²) in [6, 6.07) is 13.6. The number of hydrogen-bond donors (Lipinski definition) is 4. The van der Waals surface area contributed by atoms with Crippen LogP contribution in [-0.2, 0) is 32.2 Å². The fraction of sp³-hybridized carbons (Fsp3) is 0.429. The summed E-state index contributed by atoms with van der Waals surface area (Å²) < 4.78 is 15.8. The van der Waals surface area contributed by atoms with Crippen molar-refractivity contribution in [1.29, 1.82) is 0 Å². The molecule has 0 aliphatic carbocycles. The number of likely N-dealkylation sites (tertiary alicyclic amines) is 1. The second kappa shape index (κ2) is 16.5. The minimum absolute atomic E-state index is 0.0881. The highest BCUT2D eigenvalue weighted by Crippen LogP contribution is 2.43. The second-order valence-electron chi connectivity index (χ2n) is 15.3. The van der Waals surface area contributed by atoms with E-state index in [-0.39, 0.29) is 42.8 Å². The number of benzene rings is 3. The Balaban J connectivity index is 1.11. The number of carbonyl (C=O) groups is 4. The zero-order valence-corrected chi connectivity index (χ0v) is 33.2. The summed E-state index contributed by atoms with van der Waals surface area (Å²) in [5.41, 5.74) is 6.54. The van der Waals surface area contributed by atoms with Gasteiger partial charge in [-0.1, -0.05) is 52.3 Å². The normalized spacial score (nSPS) is 15.8. The van der Waals surface area contributed by atoms with Gasteiger partial charge in [-0.15, -0.1) is 0 Å². The minimum atomic E-state index is -0.719. The molecule has 0 radical (unpaired) electrons. The molecule has 1 fully saturated rings. The molecule has 3 aromatic carbocycles. The van der Waals surface area contributed by atoms with E-state index in [2.05, 4.69) is 74.5 Å². The maximum absolute atomic E-state index is 13.8. The standard InChI is InChI=1S/C42H50N8O7/c1-7-24(4)37(48-42(54)56-6)40(52)49(20-23(2)3)21-35-43-18-32(45-35)26-10-12-28-27(15-26)22-57-34-17-29-25(16-30(28)34)11-13-31-38(29)47-39(46-31)33-9-8-14-50(33)36(51)19-44-41(53)55-5/h10-13,15-18,23-24,33,37H,7-9,14,19-22H2,1-6H3,(H,43,45)(H,44,53)(H,46,47)(H,48,54)/t24-,33-,37-/m0/s1. The Bertz CT molecular complexity index is 2320. The topological polar surface area (TPSA) is 184 Å². The number of imidazole rings is 2. The number of rotatable bonds is 12. The zero-order valence-electron chi connectivity index (χ0n) is 33.2. The molecule has 2 aromatic heterocycles. The summed E-state index contributed by atoms with van der Waals surface area (Å²) >= 11 is 0. The van der Waals surface area contributed by atoms with E-state index in [1.54, 1.807) is 16.0 Å². The molecule has 7 rings (SSSR count). The van der Waals surface area contributed by atoms with Crippen LogP contribution < -0.4 is 15.4 Å². The summed E-state index contributed by atoms with van der Waals surface area (Å²) in [5.74, 6) is 1.87. The monoisotopic (exact) mass is 778 g/mol. The molecule has 15 nitrogen and oxygen atoms in total. The average Bonchev–Trinajstić information content (AvgIpc) is 4.00. The number of fused-ring (bicyclic) bond motifs is 6. The van der Waals surface area contributed by atoms with Crippen LogP contribution in [0.5, 0.6) is 5.75 Å². The molecular weight excluding hydrogens is 729 g/mol. The Labute approximate surface area is 330 Å². The molecule has 2 aliphatic heterocycles. The van der Waals surface area contributed by atoms with Crippen molar-refractivity contribution in [2.24, 2.45) is 11.8 Å². The summed E-state index contributed by atoms with van der Waals surface area (Å²) in [6.45, 7) is 9.62. The molecule has 2 aliphatic rings. The lowest BCUT2D eigenvalue weighted by Crippen LogP contribution is -2.52. The summed E-state index contributed by atoms with van der Waals surface area (Å²) in [5, 5.41) is 7.18. The molecule has 4 heterocycles. The second-order valence-corrected chi connectivity index (χ2v) is 15.3. The van der Waals surface area contributed by atoms with Crippen molar-refractivity contribution in [2.45, 2.75) is 72.2 Å². The van der Waals surface area contributed by atoms with Gasteiger partial charge in [-0.05, 0) is 71.0 Å². The quantitative estimate of drug-likeness (QED) is 0.111. The van der Waals surface area contributed by atoms with Crippen molar-refractivity contribution in [3.63, 3.8) is 0 Å². The highest BCUT2D eigenvalue weighted by molar-refractivity contribution is 6.07. The largest absolute Gasteiger partial charge is 0.488 e. The van der Waals surface area contributed by atoms with Gasteiger partial charge in [-0.2, -0.15) is 0 Å². The van der Waals surface area contributed by atoms with Gasteiger partial charge in [0.2, 0.25) is 11.8 Å². The van der Waals surface area contributed by atoms with Crippen LogP contribution in [-0.4, -0.2) is 93.6 Å². The Morgan fingerprint density at radius 3 is 2.58 bits per heavy atom. The molecule has 300 valence electrons. The van der Waals surface area contributed by atoms with Gasteiger partial charge in [0.25, 0.3) is 0 Å². The van der Waals surface area contributed by atoms with Gasteiger partial charge in [-0.3, -0.25) is 9.59 Å². The molecule has 1 saturated heterocycles. The third-order valence-corrected chi connectivity index (χ3v) is 10.9. The molecule has 3 atom stereocenters. The maximum atomic E-state index is 13.8. The van der Waals surface area contributed by atoms with Gasteiger partial charge in [0.15, 0.2) is 0 Å². The average molecular weight is 779 g/mol. The Morgan fingerprint density at radius 1 is 1.02 bits per heavy atom. The third-order valence-electron chi connectivity index (χ3n) is 10.9. The van der Waals surface area contributed by atoms with Crippen LogP contribution in [0.4, 0.5) is 9.59 Å². The number of aromatic nitrogens is 4. The maximum Gasteiger partial charge on any atom is 0.407 e. The Kier molecular flexibility index (Phi) is 11.4. The van der Waals surface area contributed by atoms with Crippen molar-refractivity contribution in [1.82, 2.24) is 40.4 Å². The predicted molar refractivity (Wildman–Crippen MR) is 214 cm³/mol. The summed E-state index contributed by atoms with van der Waals surface area (Å²) in [4.78, 5) is 70.5. The van der Waals surface area contributed by atoms with Crippen molar-refractivity contribution < 1.29 is 33.4 Å². The highest BCUT2D eigenvalue weighted by atomic mass is 16.5. The van der Waals surface area contributed by atoms with Crippen LogP contribution in [0.1, 0.15) is 70.2 Å². The van der Waals surface area contributed by atoms with Gasteiger partial charge < -0.3 is 44.6 Å². The number of nitrogens with one attached hydrogen (secondary N) is 4. The molecule has 57 heavy (non-hydrogen) atoms. The van der Waals surface area contributed by atoms with E-state index in [4.69, 9.17) is 14.5 Å². The van der Waals surface area contributed by atoms with E-state index in [0.717, 1.165) is 68.3 Å². The molecule has 4 N–H and O–H groups in total. The van der Waals surface area contributed by atoms with Crippen LogP contribution in [0.2, 0.25) is 0 Å². The van der Waals surface area contributed by atoms with Crippen LogP contribution in [0, 0.1) is 11.8 Å². The van der Waals surface area contributed by atoms with E-state index < -0.39 is 18.2 Å². The van der Waals surface area contributed by atoms with Gasteiger partial charge in [-0.25, -0.2) is 19.6 Å². The number of hydrogen-bond acceptors (Lipinski definition) is 9. The molecule has 0 saturated carbocycles.